The molecule has 162 valence electrons. The maximum Gasteiger partial charge on any atom is 0.255 e. The van der Waals surface area contributed by atoms with Crippen LogP contribution in [0, 0.1) is 12.8 Å². The number of nitrogens with zero attached hydrogens (tertiary/aromatic N) is 4. The average Bonchev–Trinajstić information content (AvgIpc) is 3.25. The summed E-state index contributed by atoms with van der Waals surface area (Å²) >= 11 is 0. The Kier molecular flexibility index (Phi) is 4.46. The summed E-state index contributed by atoms with van der Waals surface area (Å²) in [7, 11) is -3.17. The van der Waals surface area contributed by atoms with Gasteiger partial charge in [0.25, 0.3) is 5.56 Å². The summed E-state index contributed by atoms with van der Waals surface area (Å²) in [5.74, 6) is 0.707. The van der Waals surface area contributed by atoms with Gasteiger partial charge in [0.15, 0.2) is 0 Å². The number of rotatable bonds is 4. The minimum absolute atomic E-state index is 0.0644. The van der Waals surface area contributed by atoms with Crippen molar-refractivity contribution in [2.45, 2.75) is 56.7 Å². The minimum atomic E-state index is -3.17. The molecule has 0 bridgehead atoms. The fourth-order valence-electron chi connectivity index (χ4n) is 5.19. The van der Waals surface area contributed by atoms with E-state index in [0.29, 0.717) is 43.1 Å². The first kappa shape index (κ1) is 19.9. The Bertz CT molecular complexity index is 1170. The molecule has 2 aromatic heterocycles. The van der Waals surface area contributed by atoms with Gasteiger partial charge in [0.1, 0.15) is 5.65 Å². The van der Waals surface area contributed by atoms with Gasteiger partial charge in [-0.15, -0.1) is 0 Å². The molecule has 10 heteroatoms. The Morgan fingerprint density at radius 1 is 1.23 bits per heavy atom. The molecular formula is C20H27N5O4S. The fraction of sp³-hybridized carbons (Fsp3) is 0.650. The van der Waals surface area contributed by atoms with Gasteiger partial charge in [-0.25, -0.2) is 17.7 Å². The normalized spacial score (nSPS) is 29.8. The summed E-state index contributed by atoms with van der Waals surface area (Å²) in [4.78, 5) is 22.1. The molecule has 2 N–H and O–H groups in total. The zero-order valence-electron chi connectivity index (χ0n) is 17.2. The van der Waals surface area contributed by atoms with E-state index in [2.05, 4.69) is 15.3 Å². The van der Waals surface area contributed by atoms with Crippen LogP contribution in [0.4, 0.5) is 5.95 Å². The maximum absolute atomic E-state index is 13.0. The van der Waals surface area contributed by atoms with E-state index in [1.54, 1.807) is 23.8 Å². The summed E-state index contributed by atoms with van der Waals surface area (Å²) in [6.07, 6.45) is 6.72. The monoisotopic (exact) mass is 433 g/mol. The van der Waals surface area contributed by atoms with Crippen LogP contribution in [0.25, 0.3) is 11.0 Å². The van der Waals surface area contributed by atoms with E-state index < -0.39 is 15.6 Å². The highest BCUT2D eigenvalue weighted by molar-refractivity contribution is 7.88. The molecule has 0 radical (unpaired) electrons. The van der Waals surface area contributed by atoms with Crippen molar-refractivity contribution < 1.29 is 13.5 Å². The SMILES string of the molecule is Cc1cc2cnc(NC3CCN(S(C)(=O)=O)CC3)nc2n(C2CCC3CC32O)c1=O. The predicted molar refractivity (Wildman–Crippen MR) is 113 cm³/mol. The van der Waals surface area contributed by atoms with Crippen molar-refractivity contribution in [1.82, 2.24) is 18.8 Å². The number of aryl methyl sites for hydroxylation is 1. The van der Waals surface area contributed by atoms with Gasteiger partial charge in [0.2, 0.25) is 16.0 Å². The number of hydrogen-bond donors (Lipinski definition) is 2. The zero-order valence-corrected chi connectivity index (χ0v) is 18.0. The lowest BCUT2D eigenvalue weighted by molar-refractivity contribution is 0.0938. The molecule has 3 heterocycles. The van der Waals surface area contributed by atoms with Crippen molar-refractivity contribution in [2.24, 2.45) is 5.92 Å². The Morgan fingerprint density at radius 2 is 1.97 bits per heavy atom. The van der Waals surface area contributed by atoms with Crippen molar-refractivity contribution in [3.05, 3.63) is 28.2 Å². The van der Waals surface area contributed by atoms with Gasteiger partial charge in [-0.1, -0.05) is 0 Å². The Balaban J connectivity index is 1.45. The Hall–Kier alpha value is -2.04. The number of sulfonamides is 1. The number of pyridine rings is 1. The van der Waals surface area contributed by atoms with E-state index >= 15 is 0 Å². The van der Waals surface area contributed by atoms with E-state index in [1.807, 2.05) is 0 Å². The topological polar surface area (TPSA) is 117 Å². The average molecular weight is 434 g/mol. The summed E-state index contributed by atoms with van der Waals surface area (Å²) < 4.78 is 26.6. The number of aliphatic hydroxyl groups is 1. The summed E-state index contributed by atoms with van der Waals surface area (Å²) in [5.41, 5.74) is 0.261. The summed E-state index contributed by atoms with van der Waals surface area (Å²) in [6, 6.07) is 1.61. The van der Waals surface area contributed by atoms with Crippen molar-refractivity contribution in [1.29, 1.82) is 0 Å². The van der Waals surface area contributed by atoms with Gasteiger partial charge in [-0.3, -0.25) is 9.36 Å². The number of hydrogen-bond acceptors (Lipinski definition) is 7. The molecule has 2 saturated carbocycles. The van der Waals surface area contributed by atoms with Crippen LogP contribution in [-0.2, 0) is 10.0 Å². The number of fused-ring (bicyclic) bond motifs is 2. The zero-order chi connectivity index (χ0) is 21.3. The maximum atomic E-state index is 13.0. The minimum Gasteiger partial charge on any atom is -0.387 e. The third kappa shape index (κ3) is 3.21. The van der Waals surface area contributed by atoms with E-state index in [4.69, 9.17) is 0 Å². The van der Waals surface area contributed by atoms with E-state index in [0.717, 1.165) is 24.6 Å². The molecule has 3 unspecified atom stereocenters. The largest absolute Gasteiger partial charge is 0.387 e. The van der Waals surface area contributed by atoms with Crippen molar-refractivity contribution in [2.75, 3.05) is 24.7 Å². The van der Waals surface area contributed by atoms with Crippen LogP contribution in [0.3, 0.4) is 0 Å². The second kappa shape index (κ2) is 6.73. The third-order valence-electron chi connectivity index (χ3n) is 7.01. The molecule has 30 heavy (non-hydrogen) atoms. The van der Waals surface area contributed by atoms with Crippen LogP contribution in [0.1, 0.15) is 43.7 Å². The van der Waals surface area contributed by atoms with Gasteiger partial charge in [0, 0.05) is 36.3 Å². The second-order valence-corrected chi connectivity index (χ2v) is 11.0. The number of aromatic nitrogens is 3. The van der Waals surface area contributed by atoms with E-state index in [9.17, 15) is 18.3 Å². The smallest absolute Gasteiger partial charge is 0.255 e. The molecule has 0 spiro atoms. The first-order chi connectivity index (χ1) is 14.2. The Labute approximate surface area is 175 Å². The van der Waals surface area contributed by atoms with Crippen LogP contribution in [0.2, 0.25) is 0 Å². The van der Waals surface area contributed by atoms with Crippen LogP contribution >= 0.6 is 0 Å². The molecule has 2 aromatic rings. The highest BCUT2D eigenvalue weighted by Crippen LogP contribution is 2.61. The van der Waals surface area contributed by atoms with Crippen molar-refractivity contribution in [3.8, 4) is 0 Å². The molecule has 3 atom stereocenters. The van der Waals surface area contributed by atoms with E-state index in [1.165, 1.54) is 10.6 Å². The molecule has 3 aliphatic rings. The molecule has 2 aliphatic carbocycles. The number of anilines is 1. The molecule has 3 fully saturated rings. The number of nitrogens with one attached hydrogen (secondary N) is 1. The lowest BCUT2D eigenvalue weighted by atomic mass is 10.1. The molecule has 9 nitrogen and oxygen atoms in total. The highest BCUT2D eigenvalue weighted by Gasteiger charge is 2.63. The first-order valence-electron chi connectivity index (χ1n) is 10.5. The molecule has 1 aliphatic heterocycles. The Morgan fingerprint density at radius 3 is 2.57 bits per heavy atom. The van der Waals surface area contributed by atoms with Gasteiger partial charge in [-0.05, 0) is 51.0 Å². The summed E-state index contributed by atoms with van der Waals surface area (Å²) in [6.45, 7) is 2.71. The first-order valence-corrected chi connectivity index (χ1v) is 12.3. The van der Waals surface area contributed by atoms with Crippen LogP contribution in [0.15, 0.2) is 17.1 Å². The van der Waals surface area contributed by atoms with Gasteiger partial charge < -0.3 is 10.4 Å². The third-order valence-corrected chi connectivity index (χ3v) is 8.31. The lowest BCUT2D eigenvalue weighted by Crippen LogP contribution is -2.42. The molecule has 0 amide bonds. The highest BCUT2D eigenvalue weighted by atomic mass is 32.2. The predicted octanol–water partition coefficient (Wildman–Crippen LogP) is 1.02. The van der Waals surface area contributed by atoms with Crippen molar-refractivity contribution in [3.63, 3.8) is 0 Å². The summed E-state index contributed by atoms with van der Waals surface area (Å²) in [5, 5.41) is 15.0. The molecule has 1 saturated heterocycles. The van der Waals surface area contributed by atoms with E-state index in [-0.39, 0.29) is 23.6 Å². The number of piperidine rings is 1. The molecular weight excluding hydrogens is 406 g/mol. The lowest BCUT2D eigenvalue weighted by Gasteiger charge is -2.30. The van der Waals surface area contributed by atoms with Crippen LogP contribution in [0.5, 0.6) is 0 Å². The fourth-order valence-corrected chi connectivity index (χ4v) is 6.06. The van der Waals surface area contributed by atoms with Gasteiger partial charge in [0.05, 0.1) is 17.9 Å². The van der Waals surface area contributed by atoms with Gasteiger partial charge >= 0.3 is 0 Å². The van der Waals surface area contributed by atoms with Crippen molar-refractivity contribution >= 4 is 27.0 Å². The van der Waals surface area contributed by atoms with Crippen LogP contribution in [-0.4, -0.2) is 63.4 Å². The molecule has 0 aromatic carbocycles. The standard InChI is InChI=1S/C20H27N5O4S/c1-12-9-13-11-21-19(22-15-5-7-24(8-6-15)30(2,28)29)23-17(13)25(18(12)26)16-4-3-14-10-20(14,16)27/h9,11,14-16,27H,3-8,10H2,1-2H3,(H,21,22,23). The quantitative estimate of drug-likeness (QED) is 0.739. The second-order valence-electron chi connectivity index (χ2n) is 9.04. The molecule has 5 rings (SSSR count). The van der Waals surface area contributed by atoms with Gasteiger partial charge in [-0.2, -0.15) is 4.98 Å². The van der Waals surface area contributed by atoms with Crippen LogP contribution < -0.4 is 10.9 Å².